The number of halogens is 1. The third-order valence-electron chi connectivity index (χ3n) is 3.60. The number of nitrogens with one attached hydrogen (secondary N) is 2. The van der Waals surface area contributed by atoms with Gasteiger partial charge >= 0.3 is 0 Å². The lowest BCUT2D eigenvalue weighted by molar-refractivity contribution is 0.631. The third-order valence-corrected chi connectivity index (χ3v) is 3.60. The van der Waals surface area contributed by atoms with E-state index in [0.29, 0.717) is 5.56 Å². The van der Waals surface area contributed by atoms with Crippen molar-refractivity contribution in [3.8, 4) is 11.1 Å². The highest BCUT2D eigenvalue weighted by molar-refractivity contribution is 5.87. The molecule has 1 aromatic heterocycles. The molecule has 2 N–H and O–H groups in total. The lowest BCUT2D eigenvalue weighted by Crippen LogP contribution is -2.09. The van der Waals surface area contributed by atoms with Gasteiger partial charge in [0.2, 0.25) is 0 Å². The van der Waals surface area contributed by atoms with Gasteiger partial charge < -0.3 is 10.3 Å². The first-order chi connectivity index (χ1) is 9.79. The van der Waals surface area contributed by atoms with Crippen molar-refractivity contribution in [1.29, 1.82) is 0 Å². The second-order valence-corrected chi connectivity index (χ2v) is 4.91. The minimum Gasteiger partial charge on any atom is -0.361 e. The van der Waals surface area contributed by atoms with E-state index in [0.717, 1.165) is 24.0 Å². The van der Waals surface area contributed by atoms with Crippen molar-refractivity contribution in [3.63, 3.8) is 0 Å². The van der Waals surface area contributed by atoms with E-state index < -0.39 is 0 Å². The number of likely N-dealkylation sites (N-methyl/N-ethyl adjacent to an activating group) is 1. The molecule has 102 valence electrons. The predicted molar refractivity (Wildman–Crippen MR) is 81.3 cm³/mol. The van der Waals surface area contributed by atoms with Gasteiger partial charge in [0.1, 0.15) is 5.82 Å². The van der Waals surface area contributed by atoms with Crippen LogP contribution < -0.4 is 5.32 Å². The first-order valence-electron chi connectivity index (χ1n) is 6.79. The average molecular weight is 268 g/mol. The molecule has 2 aromatic carbocycles. The van der Waals surface area contributed by atoms with E-state index in [4.69, 9.17) is 0 Å². The first kappa shape index (κ1) is 12.9. The number of aromatic nitrogens is 1. The summed E-state index contributed by atoms with van der Waals surface area (Å²) in [5.74, 6) is -0.186. The Morgan fingerprint density at radius 3 is 2.80 bits per heavy atom. The summed E-state index contributed by atoms with van der Waals surface area (Å²) in [7, 11) is 1.95. The van der Waals surface area contributed by atoms with Crippen molar-refractivity contribution < 1.29 is 4.39 Å². The van der Waals surface area contributed by atoms with Crippen LogP contribution in [0.25, 0.3) is 22.0 Å². The van der Waals surface area contributed by atoms with Crippen molar-refractivity contribution in [2.45, 2.75) is 6.42 Å². The molecular weight excluding hydrogens is 251 g/mol. The Kier molecular flexibility index (Phi) is 3.52. The van der Waals surface area contributed by atoms with Gasteiger partial charge in [-0.25, -0.2) is 4.39 Å². The van der Waals surface area contributed by atoms with Gasteiger partial charge in [-0.3, -0.25) is 0 Å². The van der Waals surface area contributed by atoms with Gasteiger partial charge in [-0.1, -0.05) is 30.3 Å². The fourth-order valence-electron chi connectivity index (χ4n) is 2.52. The van der Waals surface area contributed by atoms with E-state index in [9.17, 15) is 4.39 Å². The lowest BCUT2D eigenvalue weighted by Gasteiger charge is -2.04. The van der Waals surface area contributed by atoms with E-state index in [1.165, 1.54) is 17.0 Å². The van der Waals surface area contributed by atoms with E-state index >= 15 is 0 Å². The van der Waals surface area contributed by atoms with Gasteiger partial charge in [-0.05, 0) is 43.3 Å². The van der Waals surface area contributed by atoms with E-state index in [1.54, 1.807) is 12.1 Å². The van der Waals surface area contributed by atoms with Crippen molar-refractivity contribution >= 4 is 10.9 Å². The molecule has 0 unspecified atom stereocenters. The number of hydrogen-bond acceptors (Lipinski definition) is 1. The van der Waals surface area contributed by atoms with Crippen LogP contribution in [0.5, 0.6) is 0 Å². The van der Waals surface area contributed by atoms with Crippen LogP contribution in [0.1, 0.15) is 5.56 Å². The quantitative estimate of drug-likeness (QED) is 0.741. The molecule has 0 atom stereocenters. The van der Waals surface area contributed by atoms with Crippen LogP contribution in [0, 0.1) is 5.82 Å². The minimum absolute atomic E-state index is 0.186. The maximum Gasteiger partial charge on any atom is 0.131 e. The van der Waals surface area contributed by atoms with Crippen molar-refractivity contribution in [1.82, 2.24) is 10.3 Å². The molecule has 0 spiro atoms. The Morgan fingerprint density at radius 2 is 2.00 bits per heavy atom. The molecule has 3 heteroatoms. The van der Waals surface area contributed by atoms with E-state index in [1.807, 2.05) is 31.4 Å². The summed E-state index contributed by atoms with van der Waals surface area (Å²) < 4.78 is 13.8. The standard InChI is InChI=1S/C17H17FN2/c1-19-9-8-13-11-20-17-10-12(6-7-15(13)17)14-4-2-3-5-16(14)18/h2-7,10-11,19-20H,8-9H2,1H3. The van der Waals surface area contributed by atoms with Crippen LogP contribution in [0.15, 0.2) is 48.7 Å². The smallest absolute Gasteiger partial charge is 0.131 e. The molecular formula is C17H17FN2. The third kappa shape index (κ3) is 2.32. The van der Waals surface area contributed by atoms with Crippen LogP contribution in [-0.4, -0.2) is 18.6 Å². The summed E-state index contributed by atoms with van der Waals surface area (Å²) in [6, 6.07) is 12.9. The summed E-state index contributed by atoms with van der Waals surface area (Å²) in [5, 5.41) is 4.36. The minimum atomic E-state index is -0.186. The zero-order valence-corrected chi connectivity index (χ0v) is 11.4. The molecule has 1 heterocycles. The average Bonchev–Trinajstić information content (AvgIpc) is 2.88. The Balaban J connectivity index is 2.02. The molecule has 0 fully saturated rings. The van der Waals surface area contributed by atoms with Gasteiger partial charge in [-0.2, -0.15) is 0 Å². The number of fused-ring (bicyclic) bond motifs is 1. The molecule has 3 aromatic rings. The highest BCUT2D eigenvalue weighted by Gasteiger charge is 2.07. The van der Waals surface area contributed by atoms with Crippen molar-refractivity contribution in [2.24, 2.45) is 0 Å². The fraction of sp³-hybridized carbons (Fsp3) is 0.176. The van der Waals surface area contributed by atoms with Gasteiger partial charge in [0.25, 0.3) is 0 Å². The van der Waals surface area contributed by atoms with Crippen LogP contribution in [-0.2, 0) is 6.42 Å². The molecule has 3 rings (SSSR count). The molecule has 0 amide bonds. The van der Waals surface area contributed by atoms with Crippen molar-refractivity contribution in [3.05, 3.63) is 60.0 Å². The molecule has 0 radical (unpaired) electrons. The number of hydrogen-bond donors (Lipinski definition) is 2. The topological polar surface area (TPSA) is 27.8 Å². The number of aromatic amines is 1. The van der Waals surface area contributed by atoms with Gasteiger partial charge in [0.15, 0.2) is 0 Å². The van der Waals surface area contributed by atoms with E-state index in [-0.39, 0.29) is 5.82 Å². The monoisotopic (exact) mass is 268 g/mol. The molecule has 0 aliphatic carbocycles. The van der Waals surface area contributed by atoms with Gasteiger partial charge in [-0.15, -0.1) is 0 Å². The number of rotatable bonds is 4. The van der Waals surface area contributed by atoms with Gasteiger partial charge in [0, 0.05) is 22.7 Å². The second-order valence-electron chi connectivity index (χ2n) is 4.91. The Morgan fingerprint density at radius 1 is 1.15 bits per heavy atom. The van der Waals surface area contributed by atoms with Crippen LogP contribution in [0.4, 0.5) is 4.39 Å². The van der Waals surface area contributed by atoms with Crippen LogP contribution in [0.3, 0.4) is 0 Å². The Hall–Kier alpha value is -2.13. The molecule has 0 aliphatic heterocycles. The molecule has 0 bridgehead atoms. The number of H-pyrrole nitrogens is 1. The predicted octanol–water partition coefficient (Wildman–Crippen LogP) is 3.74. The Bertz CT molecular complexity index is 731. The molecule has 20 heavy (non-hydrogen) atoms. The first-order valence-corrected chi connectivity index (χ1v) is 6.79. The Labute approximate surface area is 117 Å². The van der Waals surface area contributed by atoms with Crippen molar-refractivity contribution in [2.75, 3.05) is 13.6 Å². The maximum absolute atomic E-state index is 13.8. The maximum atomic E-state index is 13.8. The zero-order valence-electron chi connectivity index (χ0n) is 11.4. The lowest BCUT2D eigenvalue weighted by atomic mass is 10.0. The molecule has 0 aliphatic rings. The summed E-state index contributed by atoms with van der Waals surface area (Å²) in [5.41, 5.74) is 3.88. The highest BCUT2D eigenvalue weighted by Crippen LogP contribution is 2.27. The highest BCUT2D eigenvalue weighted by atomic mass is 19.1. The summed E-state index contributed by atoms with van der Waals surface area (Å²) in [6.07, 6.45) is 3.02. The van der Waals surface area contributed by atoms with Crippen LogP contribution >= 0.6 is 0 Å². The second kappa shape index (κ2) is 5.47. The summed E-state index contributed by atoms with van der Waals surface area (Å²) in [6.45, 7) is 0.946. The number of benzene rings is 2. The summed E-state index contributed by atoms with van der Waals surface area (Å²) >= 11 is 0. The molecule has 0 saturated heterocycles. The SMILES string of the molecule is CNCCc1c[nH]c2cc(-c3ccccc3F)ccc12. The fourth-order valence-corrected chi connectivity index (χ4v) is 2.52. The normalized spacial score (nSPS) is 11.1. The van der Waals surface area contributed by atoms with E-state index in [2.05, 4.69) is 16.4 Å². The molecule has 2 nitrogen and oxygen atoms in total. The molecule has 0 saturated carbocycles. The van der Waals surface area contributed by atoms with Gasteiger partial charge in [0.05, 0.1) is 0 Å². The summed E-state index contributed by atoms with van der Waals surface area (Å²) in [4.78, 5) is 3.28. The van der Waals surface area contributed by atoms with Crippen LogP contribution in [0.2, 0.25) is 0 Å². The zero-order chi connectivity index (χ0) is 13.9. The largest absolute Gasteiger partial charge is 0.361 e.